The molecule has 1 unspecified atom stereocenters. The van der Waals surface area contributed by atoms with Crippen molar-refractivity contribution in [3.8, 4) is 5.75 Å². The Balaban J connectivity index is 2.85. The molecule has 0 fully saturated rings. The van der Waals surface area contributed by atoms with Gasteiger partial charge in [-0.25, -0.2) is 0 Å². The standard InChI is InChI=1S/C16H27NO2/c1-6-12-19-14-10-8-13(9-11-14)15(17-7-2)16(3,4)18-5/h8-11,15,17H,6-7,12H2,1-5H3. The van der Waals surface area contributed by atoms with Crippen LogP contribution in [0.15, 0.2) is 24.3 Å². The van der Waals surface area contributed by atoms with Gasteiger partial charge in [0.25, 0.3) is 0 Å². The summed E-state index contributed by atoms with van der Waals surface area (Å²) >= 11 is 0. The molecule has 19 heavy (non-hydrogen) atoms. The Labute approximate surface area is 117 Å². The third-order valence-corrected chi connectivity index (χ3v) is 3.32. The van der Waals surface area contributed by atoms with E-state index in [1.54, 1.807) is 7.11 Å². The largest absolute Gasteiger partial charge is 0.494 e. The van der Waals surface area contributed by atoms with Gasteiger partial charge in [0.2, 0.25) is 0 Å². The summed E-state index contributed by atoms with van der Waals surface area (Å²) in [6.07, 6.45) is 1.03. The molecule has 0 saturated carbocycles. The summed E-state index contributed by atoms with van der Waals surface area (Å²) in [5, 5.41) is 3.49. The van der Waals surface area contributed by atoms with Crippen molar-refractivity contribution in [2.24, 2.45) is 0 Å². The van der Waals surface area contributed by atoms with Gasteiger partial charge in [0.15, 0.2) is 0 Å². The first-order valence-corrected chi connectivity index (χ1v) is 7.06. The lowest BCUT2D eigenvalue weighted by Gasteiger charge is -2.34. The molecule has 0 aromatic heterocycles. The second kappa shape index (κ2) is 7.51. The minimum atomic E-state index is -0.248. The molecule has 1 N–H and O–H groups in total. The highest BCUT2D eigenvalue weighted by Gasteiger charge is 2.29. The van der Waals surface area contributed by atoms with Crippen LogP contribution in [0.25, 0.3) is 0 Å². The lowest BCUT2D eigenvalue weighted by Crippen LogP contribution is -2.40. The van der Waals surface area contributed by atoms with Crippen LogP contribution < -0.4 is 10.1 Å². The van der Waals surface area contributed by atoms with E-state index in [1.807, 2.05) is 12.1 Å². The summed E-state index contributed by atoms with van der Waals surface area (Å²) in [4.78, 5) is 0. The summed E-state index contributed by atoms with van der Waals surface area (Å²) in [5.74, 6) is 0.927. The molecule has 0 radical (unpaired) electrons. The highest BCUT2D eigenvalue weighted by molar-refractivity contribution is 5.30. The normalized spacial score (nSPS) is 13.3. The van der Waals surface area contributed by atoms with Gasteiger partial charge in [-0.2, -0.15) is 0 Å². The van der Waals surface area contributed by atoms with E-state index in [0.717, 1.165) is 25.3 Å². The highest BCUT2D eigenvalue weighted by Crippen LogP contribution is 2.29. The minimum Gasteiger partial charge on any atom is -0.494 e. The van der Waals surface area contributed by atoms with E-state index in [4.69, 9.17) is 9.47 Å². The van der Waals surface area contributed by atoms with Crippen LogP contribution >= 0.6 is 0 Å². The van der Waals surface area contributed by atoms with Gasteiger partial charge in [0.1, 0.15) is 5.75 Å². The lowest BCUT2D eigenvalue weighted by molar-refractivity contribution is -0.0107. The van der Waals surface area contributed by atoms with Gasteiger partial charge >= 0.3 is 0 Å². The molecule has 0 bridgehead atoms. The highest BCUT2D eigenvalue weighted by atomic mass is 16.5. The summed E-state index contributed by atoms with van der Waals surface area (Å²) in [6, 6.07) is 8.45. The van der Waals surface area contributed by atoms with Gasteiger partial charge in [-0.05, 0) is 44.5 Å². The second-order valence-corrected chi connectivity index (χ2v) is 5.22. The van der Waals surface area contributed by atoms with Crippen LogP contribution in [0.4, 0.5) is 0 Å². The fraction of sp³-hybridized carbons (Fsp3) is 0.625. The number of likely N-dealkylation sites (N-methyl/N-ethyl adjacent to an activating group) is 1. The fourth-order valence-corrected chi connectivity index (χ4v) is 2.06. The fourth-order valence-electron chi connectivity index (χ4n) is 2.06. The number of hydrogen-bond acceptors (Lipinski definition) is 3. The number of nitrogens with one attached hydrogen (secondary N) is 1. The van der Waals surface area contributed by atoms with Crippen molar-refractivity contribution < 1.29 is 9.47 Å². The molecule has 0 spiro atoms. The average Bonchev–Trinajstić information content (AvgIpc) is 2.43. The van der Waals surface area contributed by atoms with Gasteiger partial charge in [-0.3, -0.25) is 0 Å². The number of rotatable bonds is 8. The molecular weight excluding hydrogens is 238 g/mol. The van der Waals surface area contributed by atoms with Gasteiger partial charge < -0.3 is 14.8 Å². The van der Waals surface area contributed by atoms with Gasteiger partial charge in [-0.1, -0.05) is 26.0 Å². The van der Waals surface area contributed by atoms with Crippen LogP contribution in [0.5, 0.6) is 5.75 Å². The first kappa shape index (κ1) is 16.0. The Morgan fingerprint density at radius 2 is 1.79 bits per heavy atom. The SMILES string of the molecule is CCCOc1ccc(C(NCC)C(C)(C)OC)cc1. The van der Waals surface area contributed by atoms with Crippen LogP contribution in [0, 0.1) is 0 Å². The molecule has 3 heteroatoms. The third-order valence-electron chi connectivity index (χ3n) is 3.32. The first-order valence-electron chi connectivity index (χ1n) is 7.06. The number of ether oxygens (including phenoxy) is 2. The van der Waals surface area contributed by atoms with E-state index < -0.39 is 0 Å². The molecule has 1 aromatic rings. The van der Waals surface area contributed by atoms with Gasteiger partial charge in [0.05, 0.1) is 18.2 Å². The number of benzene rings is 1. The van der Waals surface area contributed by atoms with E-state index in [0.29, 0.717) is 0 Å². The zero-order chi connectivity index (χ0) is 14.3. The predicted molar refractivity (Wildman–Crippen MR) is 79.7 cm³/mol. The predicted octanol–water partition coefficient (Wildman–Crippen LogP) is 3.55. The molecule has 0 aliphatic carbocycles. The molecule has 0 aliphatic heterocycles. The van der Waals surface area contributed by atoms with Crippen LogP contribution in [0.2, 0.25) is 0 Å². The van der Waals surface area contributed by atoms with E-state index >= 15 is 0 Å². The molecular formula is C16H27NO2. The lowest BCUT2D eigenvalue weighted by atomic mass is 9.91. The quantitative estimate of drug-likeness (QED) is 0.779. The maximum Gasteiger partial charge on any atom is 0.119 e. The summed E-state index contributed by atoms with van der Waals surface area (Å²) in [7, 11) is 1.75. The summed E-state index contributed by atoms with van der Waals surface area (Å²) in [6.45, 7) is 10.1. The van der Waals surface area contributed by atoms with Gasteiger partial charge in [0, 0.05) is 7.11 Å². The Hall–Kier alpha value is -1.06. The monoisotopic (exact) mass is 265 g/mol. The summed E-state index contributed by atoms with van der Waals surface area (Å²) < 4.78 is 11.2. The Morgan fingerprint density at radius 3 is 2.26 bits per heavy atom. The molecule has 1 rings (SSSR count). The Kier molecular flexibility index (Phi) is 6.32. The van der Waals surface area contributed by atoms with Crippen molar-refractivity contribution >= 4 is 0 Å². The maximum atomic E-state index is 5.61. The van der Waals surface area contributed by atoms with Crippen molar-refractivity contribution in [3.05, 3.63) is 29.8 Å². The molecule has 1 aromatic carbocycles. The smallest absolute Gasteiger partial charge is 0.119 e. The van der Waals surface area contributed by atoms with Crippen LogP contribution in [0.3, 0.4) is 0 Å². The summed E-state index contributed by atoms with van der Waals surface area (Å²) in [5.41, 5.74) is 0.972. The maximum absolute atomic E-state index is 5.61. The van der Waals surface area contributed by atoms with Crippen molar-refractivity contribution in [2.75, 3.05) is 20.3 Å². The van der Waals surface area contributed by atoms with E-state index in [1.165, 1.54) is 5.56 Å². The number of hydrogen-bond donors (Lipinski definition) is 1. The molecule has 0 amide bonds. The molecule has 0 saturated heterocycles. The Morgan fingerprint density at radius 1 is 1.16 bits per heavy atom. The van der Waals surface area contributed by atoms with Crippen molar-refractivity contribution in [1.29, 1.82) is 0 Å². The molecule has 0 heterocycles. The molecule has 108 valence electrons. The zero-order valence-corrected chi connectivity index (χ0v) is 12.8. The molecule has 3 nitrogen and oxygen atoms in total. The van der Waals surface area contributed by atoms with E-state index in [2.05, 4.69) is 45.1 Å². The van der Waals surface area contributed by atoms with Gasteiger partial charge in [-0.15, -0.1) is 0 Å². The second-order valence-electron chi connectivity index (χ2n) is 5.22. The van der Waals surface area contributed by atoms with Crippen molar-refractivity contribution in [2.45, 2.75) is 45.8 Å². The minimum absolute atomic E-state index is 0.169. The van der Waals surface area contributed by atoms with Crippen LogP contribution in [0.1, 0.15) is 45.7 Å². The number of methoxy groups -OCH3 is 1. The topological polar surface area (TPSA) is 30.5 Å². The van der Waals surface area contributed by atoms with E-state index in [-0.39, 0.29) is 11.6 Å². The molecule has 1 atom stereocenters. The Bertz CT molecular complexity index is 360. The first-order chi connectivity index (χ1) is 9.05. The molecule has 0 aliphatic rings. The van der Waals surface area contributed by atoms with Crippen LogP contribution in [-0.4, -0.2) is 25.9 Å². The van der Waals surface area contributed by atoms with Crippen molar-refractivity contribution in [3.63, 3.8) is 0 Å². The van der Waals surface area contributed by atoms with Crippen LogP contribution in [-0.2, 0) is 4.74 Å². The zero-order valence-electron chi connectivity index (χ0n) is 12.8. The van der Waals surface area contributed by atoms with Crippen molar-refractivity contribution in [1.82, 2.24) is 5.32 Å². The third kappa shape index (κ3) is 4.51. The van der Waals surface area contributed by atoms with E-state index in [9.17, 15) is 0 Å². The average molecular weight is 265 g/mol.